The van der Waals surface area contributed by atoms with Crippen molar-refractivity contribution in [1.29, 1.82) is 0 Å². The molecule has 1 amide bonds. The van der Waals surface area contributed by atoms with Gasteiger partial charge >= 0.3 is 0 Å². The normalized spacial score (nSPS) is 11.8. The first-order valence-corrected chi connectivity index (χ1v) is 9.89. The molecule has 0 radical (unpaired) electrons. The van der Waals surface area contributed by atoms with E-state index in [2.05, 4.69) is 10.3 Å². The summed E-state index contributed by atoms with van der Waals surface area (Å²) in [5, 5.41) is 3.26. The van der Waals surface area contributed by atoms with E-state index in [9.17, 15) is 9.18 Å². The second-order valence-electron chi connectivity index (χ2n) is 6.60. The fourth-order valence-electron chi connectivity index (χ4n) is 2.88. The molecule has 0 unspecified atom stereocenters. The second kappa shape index (κ2) is 10.5. The van der Waals surface area contributed by atoms with Crippen molar-refractivity contribution in [3.8, 4) is 22.6 Å². The predicted octanol–water partition coefficient (Wildman–Crippen LogP) is 5.04. The minimum Gasteiger partial charge on any atom is -0.496 e. The van der Waals surface area contributed by atoms with E-state index >= 15 is 0 Å². The molecule has 0 fully saturated rings. The Bertz CT molecular complexity index is 1160. The zero-order chi connectivity index (χ0) is 23.1. The summed E-state index contributed by atoms with van der Waals surface area (Å²) in [6, 6.07) is 17.8. The van der Waals surface area contributed by atoms with Crippen LogP contribution in [0, 0.1) is 5.82 Å². The molecule has 0 spiro atoms. The van der Waals surface area contributed by atoms with Crippen LogP contribution in [0.1, 0.15) is 0 Å². The van der Waals surface area contributed by atoms with Gasteiger partial charge in [0, 0.05) is 35.6 Å². The van der Waals surface area contributed by atoms with Gasteiger partial charge in [-0.1, -0.05) is 23.7 Å². The molecule has 0 saturated carbocycles. The van der Waals surface area contributed by atoms with Gasteiger partial charge in [-0.3, -0.25) is 9.79 Å². The smallest absolute Gasteiger partial charge is 0.293 e. The van der Waals surface area contributed by atoms with Crippen LogP contribution in [-0.4, -0.2) is 26.3 Å². The summed E-state index contributed by atoms with van der Waals surface area (Å²) in [7, 11) is 3.01. The number of nitrogens with one attached hydrogen (secondary N) is 1. The molecule has 0 atom stereocenters. The molecule has 0 aromatic heterocycles. The van der Waals surface area contributed by atoms with Crippen LogP contribution in [0.4, 0.5) is 10.1 Å². The minimum atomic E-state index is -0.547. The van der Waals surface area contributed by atoms with Gasteiger partial charge in [0.15, 0.2) is 0 Å². The number of aliphatic imine (C=N–C) groups is 1. The number of rotatable bonds is 7. The summed E-state index contributed by atoms with van der Waals surface area (Å²) >= 11 is 5.88. The molecule has 0 aliphatic heterocycles. The minimum absolute atomic E-state index is 0.0586. The molecule has 0 aliphatic carbocycles. The Labute approximate surface area is 190 Å². The summed E-state index contributed by atoms with van der Waals surface area (Å²) in [4.78, 5) is 16.7. The summed E-state index contributed by atoms with van der Waals surface area (Å²) in [5.41, 5.74) is 8.09. The number of methoxy groups -OCH3 is 1. The third-order valence-electron chi connectivity index (χ3n) is 4.39. The van der Waals surface area contributed by atoms with E-state index in [1.165, 1.54) is 32.5 Å². The van der Waals surface area contributed by atoms with Crippen molar-refractivity contribution < 1.29 is 18.7 Å². The Kier molecular flexibility index (Phi) is 7.46. The molecule has 0 heterocycles. The van der Waals surface area contributed by atoms with Crippen molar-refractivity contribution in [2.45, 2.75) is 0 Å². The van der Waals surface area contributed by atoms with Gasteiger partial charge in [-0.15, -0.1) is 0 Å². The number of hydrogen-bond donors (Lipinski definition) is 2. The van der Waals surface area contributed by atoms with E-state index < -0.39 is 5.91 Å². The van der Waals surface area contributed by atoms with Crippen LogP contribution in [0.5, 0.6) is 11.5 Å². The summed E-state index contributed by atoms with van der Waals surface area (Å²) < 4.78 is 24.5. The standard InChI is InChI=1S/C24H21ClFN3O3/c1-28-14-21(27)23(24(30)29-18-8-5-16(25)6-9-18)32-19-10-3-15(4-11-19)20-12-7-17(26)13-22(20)31-2/h3-14H,27H2,1-2H3,(H,29,30)/b23-21-,28-14-. The maximum atomic E-state index is 13.5. The molecule has 32 heavy (non-hydrogen) atoms. The molecule has 6 nitrogen and oxygen atoms in total. The van der Waals surface area contributed by atoms with E-state index in [0.29, 0.717) is 27.8 Å². The van der Waals surface area contributed by atoms with Gasteiger partial charge in [-0.2, -0.15) is 0 Å². The van der Waals surface area contributed by atoms with Gasteiger partial charge in [-0.25, -0.2) is 4.39 Å². The van der Waals surface area contributed by atoms with E-state index in [-0.39, 0.29) is 17.3 Å². The van der Waals surface area contributed by atoms with E-state index in [4.69, 9.17) is 26.8 Å². The topological polar surface area (TPSA) is 85.9 Å². The SMILES string of the molecule is C/N=C\C(N)=C(\Oc1ccc(-c2ccc(F)cc2OC)cc1)C(=O)Nc1ccc(Cl)cc1. The van der Waals surface area contributed by atoms with Crippen LogP contribution in [-0.2, 0) is 4.79 Å². The van der Waals surface area contributed by atoms with E-state index in [1.54, 1.807) is 54.6 Å². The van der Waals surface area contributed by atoms with Crippen molar-refractivity contribution >= 4 is 29.4 Å². The number of carbonyl (C=O) groups is 1. The number of amides is 1. The summed E-state index contributed by atoms with van der Waals surface area (Å²) in [5.74, 6) is -0.264. The number of ether oxygens (including phenoxy) is 2. The number of anilines is 1. The van der Waals surface area contributed by atoms with Crippen LogP contribution >= 0.6 is 11.6 Å². The largest absolute Gasteiger partial charge is 0.496 e. The van der Waals surface area contributed by atoms with Crippen LogP contribution in [0.3, 0.4) is 0 Å². The maximum Gasteiger partial charge on any atom is 0.293 e. The van der Waals surface area contributed by atoms with Gasteiger partial charge in [-0.05, 0) is 54.1 Å². The van der Waals surface area contributed by atoms with Crippen molar-refractivity contribution in [3.05, 3.63) is 89.0 Å². The summed E-state index contributed by atoms with van der Waals surface area (Å²) in [6.45, 7) is 0. The highest BCUT2D eigenvalue weighted by Gasteiger charge is 2.17. The van der Waals surface area contributed by atoms with Crippen molar-refractivity contribution in [1.82, 2.24) is 0 Å². The lowest BCUT2D eigenvalue weighted by Crippen LogP contribution is -2.23. The molecule has 0 bridgehead atoms. The third-order valence-corrected chi connectivity index (χ3v) is 4.64. The maximum absolute atomic E-state index is 13.5. The first kappa shape index (κ1) is 22.8. The zero-order valence-electron chi connectivity index (χ0n) is 17.4. The van der Waals surface area contributed by atoms with Gasteiger partial charge in [0.25, 0.3) is 5.91 Å². The van der Waals surface area contributed by atoms with Gasteiger partial charge in [0.2, 0.25) is 5.76 Å². The zero-order valence-corrected chi connectivity index (χ0v) is 18.2. The highest BCUT2D eigenvalue weighted by atomic mass is 35.5. The number of nitrogens with two attached hydrogens (primary N) is 1. The molecule has 0 aliphatic rings. The van der Waals surface area contributed by atoms with Gasteiger partial charge < -0.3 is 20.5 Å². The second-order valence-corrected chi connectivity index (χ2v) is 7.04. The molecule has 0 saturated heterocycles. The average molecular weight is 454 g/mol. The number of allylic oxidation sites excluding steroid dienone is 1. The Morgan fingerprint density at radius 2 is 1.78 bits per heavy atom. The predicted molar refractivity (Wildman–Crippen MR) is 125 cm³/mol. The number of benzene rings is 3. The van der Waals surface area contributed by atoms with Crippen molar-refractivity contribution in [2.75, 3.05) is 19.5 Å². The van der Waals surface area contributed by atoms with Gasteiger partial charge in [0.1, 0.15) is 17.3 Å². The molecule has 3 rings (SSSR count). The Morgan fingerprint density at radius 1 is 1.09 bits per heavy atom. The highest BCUT2D eigenvalue weighted by molar-refractivity contribution is 6.30. The lowest BCUT2D eigenvalue weighted by Gasteiger charge is -2.13. The molecule has 3 N–H and O–H groups in total. The average Bonchev–Trinajstić information content (AvgIpc) is 2.79. The monoisotopic (exact) mass is 453 g/mol. The molecule has 3 aromatic carbocycles. The summed E-state index contributed by atoms with van der Waals surface area (Å²) in [6.07, 6.45) is 1.33. The van der Waals surface area contributed by atoms with Crippen LogP contribution in [0.2, 0.25) is 5.02 Å². The first-order valence-electron chi connectivity index (χ1n) is 9.52. The number of hydrogen-bond acceptors (Lipinski definition) is 5. The van der Waals surface area contributed by atoms with Crippen LogP contribution < -0.4 is 20.5 Å². The Hall–Kier alpha value is -3.84. The quantitative estimate of drug-likeness (QED) is 0.298. The number of carbonyl (C=O) groups excluding carboxylic acids is 1. The number of halogens is 2. The molecule has 164 valence electrons. The molecular weight excluding hydrogens is 433 g/mol. The Morgan fingerprint density at radius 3 is 2.41 bits per heavy atom. The van der Waals surface area contributed by atoms with Crippen LogP contribution in [0.25, 0.3) is 11.1 Å². The third kappa shape index (κ3) is 5.65. The molecule has 3 aromatic rings. The highest BCUT2D eigenvalue weighted by Crippen LogP contribution is 2.32. The molecule has 8 heteroatoms. The lowest BCUT2D eigenvalue weighted by atomic mass is 10.0. The number of nitrogens with zero attached hydrogens (tertiary/aromatic N) is 1. The van der Waals surface area contributed by atoms with Crippen molar-refractivity contribution in [3.63, 3.8) is 0 Å². The van der Waals surface area contributed by atoms with Gasteiger partial charge in [0.05, 0.1) is 12.8 Å². The van der Waals surface area contributed by atoms with E-state index in [1.807, 2.05) is 0 Å². The lowest BCUT2D eigenvalue weighted by molar-refractivity contribution is -0.114. The first-order chi connectivity index (χ1) is 15.4. The molecular formula is C24H21ClFN3O3. The fraction of sp³-hybridized carbons (Fsp3) is 0.0833. The van der Waals surface area contributed by atoms with Crippen molar-refractivity contribution in [2.24, 2.45) is 10.7 Å². The van der Waals surface area contributed by atoms with E-state index in [0.717, 1.165) is 5.56 Å². The Balaban J connectivity index is 1.84. The fourth-order valence-corrected chi connectivity index (χ4v) is 3.01. The van der Waals surface area contributed by atoms with Crippen LogP contribution in [0.15, 0.2) is 83.2 Å².